The first-order chi connectivity index (χ1) is 6.11. The number of aryl methyl sites for hydroxylation is 1. The Morgan fingerprint density at radius 1 is 1.38 bits per heavy atom. The van der Waals surface area contributed by atoms with Crippen LogP contribution in [0.4, 0.5) is 5.69 Å². The minimum absolute atomic E-state index is 0.245. The maximum atomic E-state index is 11.4. The fourth-order valence-corrected chi connectivity index (χ4v) is 2.29. The molecule has 1 aliphatic heterocycles. The van der Waals surface area contributed by atoms with Gasteiger partial charge in [-0.1, -0.05) is 12.1 Å². The van der Waals surface area contributed by atoms with E-state index < -0.39 is 10.0 Å². The third-order valence-electron chi connectivity index (χ3n) is 1.91. The lowest BCUT2D eigenvalue weighted by Gasteiger charge is -2.13. The van der Waals surface area contributed by atoms with Crippen molar-refractivity contribution in [2.45, 2.75) is 11.8 Å². The topological polar surface area (TPSA) is 58.5 Å². The minimum Gasteiger partial charge on any atom is -0.344 e. The summed E-state index contributed by atoms with van der Waals surface area (Å²) in [6.07, 6.45) is 1.20. The summed E-state index contributed by atoms with van der Waals surface area (Å²) < 4.78 is 26.2. The Morgan fingerprint density at radius 2 is 2.15 bits per heavy atom. The van der Waals surface area contributed by atoms with Gasteiger partial charge >= 0.3 is 0 Å². The van der Waals surface area contributed by atoms with E-state index in [4.69, 9.17) is 0 Å². The van der Waals surface area contributed by atoms with Gasteiger partial charge in [0.2, 0.25) is 0 Å². The Kier molecular flexibility index (Phi) is 1.63. The first kappa shape index (κ1) is 8.25. The monoisotopic (exact) mass is 196 g/mol. The third kappa shape index (κ3) is 1.21. The summed E-state index contributed by atoms with van der Waals surface area (Å²) in [6, 6.07) is 5.09. The summed E-state index contributed by atoms with van der Waals surface area (Å²) in [5, 5.41) is 2.82. The Morgan fingerprint density at radius 3 is 2.85 bits per heavy atom. The second kappa shape index (κ2) is 2.56. The molecule has 0 aromatic heterocycles. The van der Waals surface area contributed by atoms with Crippen LogP contribution in [0.5, 0.6) is 0 Å². The summed E-state index contributed by atoms with van der Waals surface area (Å²) >= 11 is 0. The number of hydrogen-bond donors (Lipinski definition) is 1. The van der Waals surface area contributed by atoms with E-state index in [-0.39, 0.29) is 4.90 Å². The molecular weight excluding hydrogens is 188 g/mol. The third-order valence-corrected chi connectivity index (χ3v) is 3.19. The minimum atomic E-state index is -3.46. The summed E-state index contributed by atoms with van der Waals surface area (Å²) in [5.74, 6) is 0. The van der Waals surface area contributed by atoms with E-state index in [1.807, 2.05) is 13.0 Å². The molecular formula is C8H8N2O2S. The fraction of sp³-hybridized carbons (Fsp3) is 0.125. The van der Waals surface area contributed by atoms with Crippen molar-refractivity contribution in [3.05, 3.63) is 23.8 Å². The number of nitrogens with zero attached hydrogens (tertiary/aromatic N) is 1. The van der Waals surface area contributed by atoms with E-state index >= 15 is 0 Å². The molecule has 5 heteroatoms. The average molecular weight is 196 g/mol. The predicted molar refractivity (Wildman–Crippen MR) is 50.5 cm³/mol. The second-order valence-electron chi connectivity index (χ2n) is 2.80. The van der Waals surface area contributed by atoms with E-state index in [0.29, 0.717) is 5.69 Å². The van der Waals surface area contributed by atoms with Gasteiger partial charge in [-0.15, -0.1) is 4.40 Å². The highest BCUT2D eigenvalue weighted by Gasteiger charge is 2.20. The highest BCUT2D eigenvalue weighted by atomic mass is 32.2. The van der Waals surface area contributed by atoms with Gasteiger partial charge < -0.3 is 5.32 Å². The predicted octanol–water partition coefficient (Wildman–Crippen LogP) is 1.14. The average Bonchev–Trinajstić information content (AvgIpc) is 2.06. The zero-order valence-corrected chi connectivity index (χ0v) is 7.80. The lowest BCUT2D eigenvalue weighted by Crippen LogP contribution is -2.12. The number of rotatable bonds is 0. The summed E-state index contributed by atoms with van der Waals surface area (Å²) in [4.78, 5) is 0.245. The number of benzene rings is 1. The van der Waals surface area contributed by atoms with Gasteiger partial charge in [-0.05, 0) is 18.6 Å². The molecule has 0 spiro atoms. The molecule has 1 aliphatic rings. The van der Waals surface area contributed by atoms with Crippen LogP contribution in [0.3, 0.4) is 0 Å². The van der Waals surface area contributed by atoms with Gasteiger partial charge in [0.15, 0.2) is 0 Å². The summed E-state index contributed by atoms with van der Waals surface area (Å²) in [6.45, 7) is 1.85. The lowest BCUT2D eigenvalue weighted by atomic mass is 10.2. The van der Waals surface area contributed by atoms with Crippen molar-refractivity contribution >= 4 is 22.0 Å². The van der Waals surface area contributed by atoms with Gasteiger partial charge in [-0.3, -0.25) is 0 Å². The van der Waals surface area contributed by atoms with E-state index in [9.17, 15) is 8.42 Å². The molecule has 0 saturated carbocycles. The van der Waals surface area contributed by atoms with E-state index in [0.717, 1.165) is 5.56 Å². The molecule has 0 fully saturated rings. The van der Waals surface area contributed by atoms with Crippen LogP contribution < -0.4 is 5.32 Å². The quantitative estimate of drug-likeness (QED) is 0.676. The molecule has 13 heavy (non-hydrogen) atoms. The van der Waals surface area contributed by atoms with Crippen LogP contribution in [-0.2, 0) is 10.0 Å². The lowest BCUT2D eigenvalue weighted by molar-refractivity contribution is 0.598. The smallest absolute Gasteiger partial charge is 0.285 e. The highest BCUT2D eigenvalue weighted by molar-refractivity contribution is 7.90. The van der Waals surface area contributed by atoms with Crippen molar-refractivity contribution in [3.63, 3.8) is 0 Å². The molecule has 1 aromatic rings. The molecule has 2 rings (SSSR count). The van der Waals surface area contributed by atoms with Crippen LogP contribution in [0.1, 0.15) is 5.56 Å². The molecule has 0 amide bonds. The van der Waals surface area contributed by atoms with Crippen molar-refractivity contribution in [3.8, 4) is 0 Å². The largest absolute Gasteiger partial charge is 0.344 e. The van der Waals surface area contributed by atoms with Crippen molar-refractivity contribution in [2.24, 2.45) is 4.40 Å². The molecule has 0 aliphatic carbocycles. The molecule has 0 bridgehead atoms. The zero-order chi connectivity index (χ0) is 9.47. The fourth-order valence-electron chi connectivity index (χ4n) is 1.26. The maximum Gasteiger partial charge on any atom is 0.285 e. The molecule has 0 saturated heterocycles. The van der Waals surface area contributed by atoms with E-state index in [1.54, 1.807) is 12.1 Å². The van der Waals surface area contributed by atoms with Crippen LogP contribution in [0, 0.1) is 6.92 Å². The van der Waals surface area contributed by atoms with Crippen LogP contribution in [0.25, 0.3) is 0 Å². The van der Waals surface area contributed by atoms with Crippen molar-refractivity contribution < 1.29 is 8.42 Å². The van der Waals surface area contributed by atoms with Crippen molar-refractivity contribution in [2.75, 3.05) is 5.32 Å². The molecule has 1 aromatic carbocycles. The molecule has 0 atom stereocenters. The number of anilines is 1. The first-order valence-electron chi connectivity index (χ1n) is 3.76. The van der Waals surface area contributed by atoms with Crippen molar-refractivity contribution in [1.29, 1.82) is 0 Å². The molecule has 0 unspecified atom stereocenters. The standard InChI is InChI=1S/C8H8N2O2S/c1-6-3-2-4-7-8(6)9-5-10-13(7,11)12/h2-5H,1H3,(H,9,10). The van der Waals surface area contributed by atoms with Crippen LogP contribution >= 0.6 is 0 Å². The SMILES string of the molecule is Cc1cccc2c1NC=NS2(=O)=O. The molecule has 1 heterocycles. The molecule has 0 radical (unpaired) electrons. The van der Waals surface area contributed by atoms with Gasteiger partial charge in [-0.2, -0.15) is 8.42 Å². The number of sulfonamides is 1. The van der Waals surface area contributed by atoms with E-state index in [2.05, 4.69) is 9.71 Å². The van der Waals surface area contributed by atoms with Crippen molar-refractivity contribution in [1.82, 2.24) is 0 Å². The first-order valence-corrected chi connectivity index (χ1v) is 5.20. The van der Waals surface area contributed by atoms with E-state index in [1.165, 1.54) is 6.34 Å². The van der Waals surface area contributed by atoms with Gasteiger partial charge in [-0.25, -0.2) is 0 Å². The Balaban J connectivity index is 2.79. The van der Waals surface area contributed by atoms with Crippen LogP contribution in [0.15, 0.2) is 27.5 Å². The Labute approximate surface area is 76.4 Å². The van der Waals surface area contributed by atoms with Gasteiger partial charge in [0.1, 0.15) is 11.2 Å². The van der Waals surface area contributed by atoms with Crippen LogP contribution in [-0.4, -0.2) is 14.8 Å². The molecule has 68 valence electrons. The van der Waals surface area contributed by atoms with Crippen LogP contribution in [0.2, 0.25) is 0 Å². The highest BCUT2D eigenvalue weighted by Crippen LogP contribution is 2.28. The number of fused-ring (bicyclic) bond motifs is 1. The van der Waals surface area contributed by atoms with Gasteiger partial charge in [0.05, 0.1) is 5.69 Å². The summed E-state index contributed by atoms with van der Waals surface area (Å²) in [7, 11) is -3.46. The molecule has 1 N–H and O–H groups in total. The normalized spacial score (nSPS) is 17.6. The molecule has 4 nitrogen and oxygen atoms in total. The Bertz CT molecular complexity index is 477. The van der Waals surface area contributed by atoms with Gasteiger partial charge in [0, 0.05) is 0 Å². The Hall–Kier alpha value is -1.36. The number of para-hydroxylation sites is 1. The number of hydrogen-bond acceptors (Lipinski definition) is 3. The maximum absolute atomic E-state index is 11.4. The second-order valence-corrected chi connectivity index (χ2v) is 4.40. The number of nitrogens with one attached hydrogen (secondary N) is 1. The zero-order valence-electron chi connectivity index (χ0n) is 6.98. The van der Waals surface area contributed by atoms with Gasteiger partial charge in [0.25, 0.3) is 10.0 Å². The summed E-state index contributed by atoms with van der Waals surface area (Å²) in [5.41, 5.74) is 1.52.